The summed E-state index contributed by atoms with van der Waals surface area (Å²) in [7, 11) is -2.19. The van der Waals surface area contributed by atoms with Gasteiger partial charge in [0.15, 0.2) is 0 Å². The van der Waals surface area contributed by atoms with Gasteiger partial charge >= 0.3 is 0 Å². The Hall–Kier alpha value is -3.07. The topological polar surface area (TPSA) is 96.0 Å². The van der Waals surface area contributed by atoms with E-state index in [-0.39, 0.29) is 18.5 Å². The highest BCUT2D eigenvalue weighted by molar-refractivity contribution is 7.92. The number of rotatable bonds is 12. The third-order valence-corrected chi connectivity index (χ3v) is 7.13. The predicted molar refractivity (Wildman–Crippen MR) is 139 cm³/mol. The number of carbonyl (C=O) groups excluding carboxylic acids is 2. The lowest BCUT2D eigenvalue weighted by atomic mass is 10.1. The van der Waals surface area contributed by atoms with E-state index in [0.29, 0.717) is 17.9 Å². The molecule has 2 aromatic rings. The molecule has 8 nitrogen and oxygen atoms in total. The van der Waals surface area contributed by atoms with Gasteiger partial charge in [0.2, 0.25) is 21.8 Å². The molecule has 0 saturated carbocycles. The summed E-state index contributed by atoms with van der Waals surface area (Å²) in [5.41, 5.74) is 2.07. The summed E-state index contributed by atoms with van der Waals surface area (Å²) in [4.78, 5) is 28.0. The summed E-state index contributed by atoms with van der Waals surface area (Å²) in [6.45, 7) is 7.18. The minimum absolute atomic E-state index is 0.0492. The number of carbonyl (C=O) groups is 2. The molecular weight excluding hydrogens is 466 g/mol. The standard InChI is InChI=1S/C26H37N3O5S/c1-7-19(3)27-26(31)20(4)28(17-21-13-15-23(34-5)16-14-21)25(30)18-29(35(6,32)33)24-12-10-9-11-22(24)8-2/h9-16,19-20H,7-8,17-18H2,1-6H3,(H,27,31)/t19-,20-/m0/s1. The van der Waals surface area contributed by atoms with Crippen LogP contribution in [-0.2, 0) is 32.6 Å². The first-order chi connectivity index (χ1) is 16.5. The van der Waals surface area contributed by atoms with Crippen LogP contribution in [0.4, 0.5) is 5.69 Å². The summed E-state index contributed by atoms with van der Waals surface area (Å²) in [5, 5.41) is 2.92. The van der Waals surface area contributed by atoms with Crippen LogP contribution in [0.15, 0.2) is 48.5 Å². The van der Waals surface area contributed by atoms with E-state index in [0.717, 1.165) is 28.1 Å². The zero-order chi connectivity index (χ0) is 26.2. The molecule has 0 aliphatic carbocycles. The van der Waals surface area contributed by atoms with Gasteiger partial charge in [-0.15, -0.1) is 0 Å². The van der Waals surface area contributed by atoms with Crippen LogP contribution in [0.25, 0.3) is 0 Å². The average molecular weight is 504 g/mol. The first-order valence-electron chi connectivity index (χ1n) is 11.8. The van der Waals surface area contributed by atoms with Crippen LogP contribution in [-0.4, -0.2) is 57.1 Å². The molecule has 0 fully saturated rings. The van der Waals surface area contributed by atoms with E-state index in [9.17, 15) is 18.0 Å². The zero-order valence-corrected chi connectivity index (χ0v) is 22.3. The number of hydrogen-bond acceptors (Lipinski definition) is 5. The summed E-state index contributed by atoms with van der Waals surface area (Å²) >= 11 is 0. The number of nitrogens with one attached hydrogen (secondary N) is 1. The maximum absolute atomic E-state index is 13.6. The van der Waals surface area contributed by atoms with Gasteiger partial charge in [0.05, 0.1) is 19.1 Å². The van der Waals surface area contributed by atoms with Crippen molar-refractivity contribution in [2.75, 3.05) is 24.2 Å². The molecule has 2 aromatic carbocycles. The number of ether oxygens (including phenoxy) is 1. The summed E-state index contributed by atoms with van der Waals surface area (Å²) in [6, 6.07) is 13.5. The van der Waals surface area contributed by atoms with Gasteiger partial charge in [0, 0.05) is 12.6 Å². The fourth-order valence-electron chi connectivity index (χ4n) is 3.62. The van der Waals surface area contributed by atoms with Gasteiger partial charge in [0.25, 0.3) is 0 Å². The van der Waals surface area contributed by atoms with Crippen molar-refractivity contribution >= 4 is 27.5 Å². The van der Waals surface area contributed by atoms with Crippen LogP contribution < -0.4 is 14.4 Å². The molecule has 0 aliphatic heterocycles. The molecule has 192 valence electrons. The number of hydrogen-bond donors (Lipinski definition) is 1. The fraction of sp³-hybridized carbons (Fsp3) is 0.462. The molecule has 0 heterocycles. The lowest BCUT2D eigenvalue weighted by Gasteiger charge is -2.32. The monoisotopic (exact) mass is 503 g/mol. The van der Waals surface area contributed by atoms with Crippen LogP contribution in [0.1, 0.15) is 45.2 Å². The second-order valence-electron chi connectivity index (χ2n) is 8.62. The fourth-order valence-corrected chi connectivity index (χ4v) is 4.50. The average Bonchev–Trinajstić information content (AvgIpc) is 2.84. The Balaban J connectivity index is 2.41. The molecule has 1 N–H and O–H groups in total. The Morgan fingerprint density at radius 1 is 1.03 bits per heavy atom. The first-order valence-corrected chi connectivity index (χ1v) is 13.6. The number of benzene rings is 2. The van der Waals surface area contributed by atoms with E-state index < -0.39 is 28.5 Å². The molecule has 35 heavy (non-hydrogen) atoms. The van der Waals surface area contributed by atoms with E-state index in [1.54, 1.807) is 38.3 Å². The first kappa shape index (κ1) is 28.2. The third kappa shape index (κ3) is 7.71. The maximum Gasteiger partial charge on any atom is 0.244 e. The molecule has 0 spiro atoms. The molecular formula is C26H37N3O5S. The molecule has 0 unspecified atom stereocenters. The maximum atomic E-state index is 13.6. The van der Waals surface area contributed by atoms with E-state index in [1.165, 1.54) is 4.90 Å². The highest BCUT2D eigenvalue weighted by atomic mass is 32.2. The van der Waals surface area contributed by atoms with Crippen LogP contribution in [0.5, 0.6) is 5.75 Å². The van der Waals surface area contributed by atoms with Gasteiger partial charge in [0.1, 0.15) is 18.3 Å². The van der Waals surface area contributed by atoms with E-state index in [1.807, 2.05) is 45.0 Å². The van der Waals surface area contributed by atoms with E-state index in [2.05, 4.69) is 5.32 Å². The Bertz CT molecular complexity index is 1100. The zero-order valence-electron chi connectivity index (χ0n) is 21.4. The molecule has 0 saturated heterocycles. The number of nitrogens with zero attached hydrogens (tertiary/aromatic N) is 2. The van der Waals surface area contributed by atoms with Gasteiger partial charge < -0.3 is 15.0 Å². The summed E-state index contributed by atoms with van der Waals surface area (Å²) < 4.78 is 31.8. The van der Waals surface area contributed by atoms with Gasteiger partial charge in [-0.05, 0) is 56.0 Å². The molecule has 9 heteroatoms. The van der Waals surface area contributed by atoms with Crippen molar-refractivity contribution in [2.24, 2.45) is 0 Å². The number of aryl methyl sites for hydroxylation is 1. The Kier molecular flexibility index (Phi) is 10.1. The SMILES string of the molecule is CCc1ccccc1N(CC(=O)N(Cc1ccc(OC)cc1)[C@@H](C)C(=O)N[C@@H](C)CC)S(C)(=O)=O. The molecule has 2 amide bonds. The number of sulfonamides is 1. The highest BCUT2D eigenvalue weighted by Gasteiger charge is 2.31. The largest absolute Gasteiger partial charge is 0.497 e. The summed E-state index contributed by atoms with van der Waals surface area (Å²) in [6.07, 6.45) is 2.44. The Labute approximate surface area is 209 Å². The lowest BCUT2D eigenvalue weighted by molar-refractivity contribution is -0.139. The van der Waals surface area contributed by atoms with E-state index in [4.69, 9.17) is 4.74 Å². The molecule has 0 aliphatic rings. The second kappa shape index (κ2) is 12.6. The van der Waals surface area contributed by atoms with Crippen LogP contribution in [0.2, 0.25) is 0 Å². The van der Waals surface area contributed by atoms with E-state index >= 15 is 0 Å². The lowest BCUT2D eigenvalue weighted by Crippen LogP contribution is -2.52. The normalized spacial score (nSPS) is 13.0. The molecule has 0 aromatic heterocycles. The minimum atomic E-state index is -3.76. The predicted octanol–water partition coefficient (Wildman–Crippen LogP) is 3.36. The quantitative estimate of drug-likeness (QED) is 0.479. The van der Waals surface area contributed by atoms with Crippen molar-refractivity contribution in [2.45, 2.75) is 59.2 Å². The van der Waals surface area contributed by atoms with Gasteiger partial charge in [-0.1, -0.05) is 44.2 Å². The highest BCUT2D eigenvalue weighted by Crippen LogP contribution is 2.24. The molecule has 0 bridgehead atoms. The third-order valence-electron chi connectivity index (χ3n) is 6.00. The van der Waals surface area contributed by atoms with Crippen molar-refractivity contribution in [1.82, 2.24) is 10.2 Å². The van der Waals surface area contributed by atoms with Crippen LogP contribution in [0, 0.1) is 0 Å². The second-order valence-corrected chi connectivity index (χ2v) is 10.5. The van der Waals surface area contributed by atoms with Crippen molar-refractivity contribution in [3.05, 3.63) is 59.7 Å². The van der Waals surface area contributed by atoms with Gasteiger partial charge in [-0.2, -0.15) is 0 Å². The van der Waals surface area contributed by atoms with Crippen LogP contribution in [0.3, 0.4) is 0 Å². The molecule has 0 radical (unpaired) electrons. The van der Waals surface area contributed by atoms with Gasteiger partial charge in [-0.25, -0.2) is 8.42 Å². The number of anilines is 1. The molecule has 2 rings (SSSR count). The molecule has 2 atom stereocenters. The van der Waals surface area contributed by atoms with Crippen molar-refractivity contribution in [3.8, 4) is 5.75 Å². The summed E-state index contributed by atoms with van der Waals surface area (Å²) in [5.74, 6) is -0.0846. The van der Waals surface area contributed by atoms with Crippen LogP contribution >= 0.6 is 0 Å². The Morgan fingerprint density at radius 2 is 1.66 bits per heavy atom. The van der Waals surface area contributed by atoms with Crippen molar-refractivity contribution in [1.29, 1.82) is 0 Å². The van der Waals surface area contributed by atoms with Crippen molar-refractivity contribution in [3.63, 3.8) is 0 Å². The van der Waals surface area contributed by atoms with Gasteiger partial charge in [-0.3, -0.25) is 13.9 Å². The van der Waals surface area contributed by atoms with Crippen molar-refractivity contribution < 1.29 is 22.7 Å². The minimum Gasteiger partial charge on any atom is -0.497 e. The number of amides is 2. The number of methoxy groups -OCH3 is 1. The number of para-hydroxylation sites is 1. The Morgan fingerprint density at radius 3 is 2.20 bits per heavy atom. The smallest absolute Gasteiger partial charge is 0.244 e.